The average Bonchev–Trinajstić information content (AvgIpc) is 3.27. The fourth-order valence-electron chi connectivity index (χ4n) is 3.84. The molecular weight excluding hydrogens is 454 g/mol. The Bertz CT molecular complexity index is 1190. The van der Waals surface area contributed by atoms with Gasteiger partial charge in [0.25, 0.3) is 0 Å². The first kappa shape index (κ1) is 23.4. The molecule has 176 valence electrons. The lowest BCUT2D eigenvalue weighted by molar-refractivity contribution is -0.0891. The van der Waals surface area contributed by atoms with Gasteiger partial charge in [-0.25, -0.2) is 21.9 Å². The second kappa shape index (κ2) is 10.0. The Kier molecular flexibility index (Phi) is 7.13. The van der Waals surface area contributed by atoms with Crippen molar-refractivity contribution in [2.45, 2.75) is 49.0 Å². The van der Waals surface area contributed by atoms with Crippen molar-refractivity contribution in [3.63, 3.8) is 0 Å². The topological polar surface area (TPSA) is 106 Å². The summed E-state index contributed by atoms with van der Waals surface area (Å²) in [6, 6.07) is 10.2. The van der Waals surface area contributed by atoms with E-state index in [0.717, 1.165) is 12.1 Å². The van der Waals surface area contributed by atoms with Crippen LogP contribution in [0.25, 0.3) is 11.3 Å². The molecule has 1 saturated heterocycles. The van der Waals surface area contributed by atoms with Crippen molar-refractivity contribution in [2.75, 3.05) is 6.61 Å². The summed E-state index contributed by atoms with van der Waals surface area (Å²) in [6.07, 6.45) is 2.33. The summed E-state index contributed by atoms with van der Waals surface area (Å²) >= 11 is 0. The summed E-state index contributed by atoms with van der Waals surface area (Å²) in [5.74, 6) is -0.903. The number of aliphatic hydroxyl groups excluding tert-OH is 1. The first-order valence-electron chi connectivity index (χ1n) is 10.5. The summed E-state index contributed by atoms with van der Waals surface area (Å²) in [6.45, 7) is 0.115. The zero-order valence-electron chi connectivity index (χ0n) is 17.6. The van der Waals surface area contributed by atoms with Crippen LogP contribution in [-0.2, 0) is 21.3 Å². The van der Waals surface area contributed by atoms with Gasteiger partial charge in [-0.05, 0) is 55.7 Å². The van der Waals surface area contributed by atoms with E-state index in [1.807, 2.05) is 0 Å². The predicted molar refractivity (Wildman–Crippen MR) is 116 cm³/mol. The van der Waals surface area contributed by atoms with Crippen LogP contribution in [0.5, 0.6) is 0 Å². The van der Waals surface area contributed by atoms with Crippen molar-refractivity contribution in [1.29, 1.82) is 0 Å². The van der Waals surface area contributed by atoms with Gasteiger partial charge in [0, 0.05) is 12.1 Å². The highest BCUT2D eigenvalue weighted by Crippen LogP contribution is 2.25. The highest BCUT2D eigenvalue weighted by Gasteiger charge is 2.34. The molecule has 33 heavy (non-hydrogen) atoms. The summed E-state index contributed by atoms with van der Waals surface area (Å²) in [5, 5.41) is 17.8. The predicted octanol–water partition coefficient (Wildman–Crippen LogP) is 2.50. The molecule has 1 fully saturated rings. The number of benzene rings is 2. The number of sulfonamides is 1. The molecule has 0 radical (unpaired) electrons. The Morgan fingerprint density at radius 3 is 2.61 bits per heavy atom. The van der Waals surface area contributed by atoms with Crippen LogP contribution < -0.4 is 4.72 Å². The van der Waals surface area contributed by atoms with E-state index in [-0.39, 0.29) is 23.4 Å². The Hall–Kier alpha value is -2.73. The van der Waals surface area contributed by atoms with Gasteiger partial charge in [-0.1, -0.05) is 17.3 Å². The van der Waals surface area contributed by atoms with Gasteiger partial charge in [0.1, 0.15) is 17.3 Å². The number of rotatable bonds is 8. The van der Waals surface area contributed by atoms with Crippen LogP contribution in [0.4, 0.5) is 8.78 Å². The molecule has 0 aliphatic carbocycles. The number of aliphatic hydroxyl groups is 1. The number of hydrogen-bond donors (Lipinski definition) is 2. The maximum atomic E-state index is 13.9. The van der Waals surface area contributed by atoms with Gasteiger partial charge in [0.15, 0.2) is 0 Å². The summed E-state index contributed by atoms with van der Waals surface area (Å²) < 4.78 is 62.3. The Labute approximate surface area is 190 Å². The molecule has 2 heterocycles. The molecule has 0 amide bonds. The molecule has 2 aromatic carbocycles. The quantitative estimate of drug-likeness (QED) is 0.515. The molecule has 2 N–H and O–H groups in total. The van der Waals surface area contributed by atoms with Crippen LogP contribution in [-0.4, -0.2) is 53.4 Å². The summed E-state index contributed by atoms with van der Waals surface area (Å²) in [4.78, 5) is -0.0560. The number of ether oxygens (including phenoxy) is 1. The zero-order chi connectivity index (χ0) is 23.4. The number of aromatic nitrogens is 3. The van der Waals surface area contributed by atoms with Crippen LogP contribution in [0.2, 0.25) is 0 Å². The van der Waals surface area contributed by atoms with Gasteiger partial charge >= 0.3 is 0 Å². The molecule has 4 rings (SSSR count). The smallest absolute Gasteiger partial charge is 0.240 e. The number of hydrogen-bond acceptors (Lipinski definition) is 6. The second-order valence-electron chi connectivity index (χ2n) is 7.87. The summed E-state index contributed by atoms with van der Waals surface area (Å²) in [5.41, 5.74) is 0.801. The largest absolute Gasteiger partial charge is 0.394 e. The minimum absolute atomic E-state index is 0.0560. The first-order chi connectivity index (χ1) is 15.9. The molecule has 0 unspecified atom stereocenters. The van der Waals surface area contributed by atoms with Crippen LogP contribution >= 0.6 is 0 Å². The molecule has 0 bridgehead atoms. The van der Waals surface area contributed by atoms with E-state index in [2.05, 4.69) is 15.0 Å². The molecule has 0 spiro atoms. The van der Waals surface area contributed by atoms with E-state index in [9.17, 15) is 22.3 Å². The molecule has 8 nitrogen and oxygen atoms in total. The van der Waals surface area contributed by atoms with Crippen molar-refractivity contribution < 1.29 is 27.0 Å². The van der Waals surface area contributed by atoms with E-state index in [0.29, 0.717) is 37.1 Å². The van der Waals surface area contributed by atoms with Crippen molar-refractivity contribution >= 4 is 10.0 Å². The standard InChI is InChI=1S/C22H24F2N4O4S/c23-15-5-8-17(9-6-15)33(30,31)26-20-10-7-16(32-22(20)14-29)11-12-28-13-21(25-27-28)18-3-1-2-4-19(18)24/h1-6,8-9,13,16,20,22,26,29H,7,10-12,14H2/t16-,20-,22-/m0/s1. The Balaban J connectivity index is 1.34. The number of aryl methyl sites for hydroxylation is 1. The molecule has 0 saturated carbocycles. The van der Waals surface area contributed by atoms with Crippen molar-refractivity contribution in [3.8, 4) is 11.3 Å². The van der Waals surface area contributed by atoms with Gasteiger partial charge < -0.3 is 9.84 Å². The first-order valence-corrected chi connectivity index (χ1v) is 12.0. The van der Waals surface area contributed by atoms with Crippen LogP contribution in [0.15, 0.2) is 59.6 Å². The van der Waals surface area contributed by atoms with E-state index >= 15 is 0 Å². The number of halogens is 2. The van der Waals surface area contributed by atoms with Gasteiger partial charge in [-0.3, -0.25) is 4.68 Å². The third-order valence-electron chi connectivity index (χ3n) is 5.59. The number of nitrogens with zero attached hydrogens (tertiary/aromatic N) is 3. The van der Waals surface area contributed by atoms with Gasteiger partial charge in [-0.2, -0.15) is 0 Å². The molecule has 1 aromatic heterocycles. The lowest BCUT2D eigenvalue weighted by Crippen LogP contribution is -2.50. The maximum absolute atomic E-state index is 13.9. The fraction of sp³-hybridized carbons (Fsp3) is 0.364. The lowest BCUT2D eigenvalue weighted by Gasteiger charge is -2.36. The molecule has 1 aliphatic heterocycles. The molecule has 1 aliphatic rings. The van der Waals surface area contributed by atoms with Crippen molar-refractivity contribution in [2.24, 2.45) is 0 Å². The third-order valence-corrected chi connectivity index (χ3v) is 7.10. The van der Waals surface area contributed by atoms with Crippen LogP contribution in [0.3, 0.4) is 0 Å². The van der Waals surface area contributed by atoms with E-state index in [1.54, 1.807) is 29.1 Å². The van der Waals surface area contributed by atoms with Gasteiger partial charge in [0.05, 0.1) is 35.9 Å². The van der Waals surface area contributed by atoms with Gasteiger partial charge in [-0.15, -0.1) is 5.10 Å². The zero-order valence-corrected chi connectivity index (χ0v) is 18.5. The highest BCUT2D eigenvalue weighted by molar-refractivity contribution is 7.89. The Morgan fingerprint density at radius 1 is 1.12 bits per heavy atom. The van der Waals surface area contributed by atoms with E-state index in [1.165, 1.54) is 18.2 Å². The molecule has 11 heteroatoms. The van der Waals surface area contributed by atoms with E-state index in [4.69, 9.17) is 4.74 Å². The normalized spacial score (nSPS) is 21.2. The Morgan fingerprint density at radius 2 is 1.88 bits per heavy atom. The second-order valence-corrected chi connectivity index (χ2v) is 9.59. The van der Waals surface area contributed by atoms with Crippen LogP contribution in [0, 0.1) is 11.6 Å². The maximum Gasteiger partial charge on any atom is 0.240 e. The lowest BCUT2D eigenvalue weighted by atomic mass is 9.98. The molecular formula is C22H24F2N4O4S. The SMILES string of the molecule is O=S(=O)(N[C@H]1CC[C@@H](CCn2cc(-c3ccccc3F)nn2)O[C@H]1CO)c1ccc(F)cc1. The van der Waals surface area contributed by atoms with Crippen molar-refractivity contribution in [3.05, 3.63) is 66.4 Å². The molecule has 3 atom stereocenters. The summed E-state index contributed by atoms with van der Waals surface area (Å²) in [7, 11) is -3.88. The molecule has 3 aromatic rings. The number of nitrogens with one attached hydrogen (secondary N) is 1. The minimum Gasteiger partial charge on any atom is -0.394 e. The third kappa shape index (κ3) is 5.61. The van der Waals surface area contributed by atoms with Gasteiger partial charge in [0.2, 0.25) is 10.0 Å². The van der Waals surface area contributed by atoms with Crippen molar-refractivity contribution in [1.82, 2.24) is 19.7 Å². The van der Waals surface area contributed by atoms with E-state index < -0.39 is 28.0 Å². The average molecular weight is 479 g/mol. The highest BCUT2D eigenvalue weighted by atomic mass is 32.2. The minimum atomic E-state index is -3.88. The fourth-order valence-corrected chi connectivity index (χ4v) is 5.13. The van der Waals surface area contributed by atoms with Crippen LogP contribution in [0.1, 0.15) is 19.3 Å². The monoisotopic (exact) mass is 478 g/mol.